The summed E-state index contributed by atoms with van der Waals surface area (Å²) in [4.78, 5) is 60.5. The van der Waals surface area contributed by atoms with Crippen LogP contribution < -0.4 is 21.3 Å². The van der Waals surface area contributed by atoms with Gasteiger partial charge in [0.2, 0.25) is 5.91 Å². The fraction of sp³-hybridized carbons (Fsp3) is 0.421. The lowest BCUT2D eigenvalue weighted by Crippen LogP contribution is -2.55. The molecular weight excluding hydrogens is 479 g/mol. The molecule has 1 heterocycles. The summed E-state index contributed by atoms with van der Waals surface area (Å²) in [6.07, 6.45) is -0.715. The summed E-state index contributed by atoms with van der Waals surface area (Å²) in [7, 11) is 0. The third kappa shape index (κ3) is 5.78. The Bertz CT molecular complexity index is 925. The first kappa shape index (κ1) is 24.3. The van der Waals surface area contributed by atoms with Crippen molar-refractivity contribution in [1.29, 1.82) is 0 Å². The maximum atomic E-state index is 13.9. The first-order valence-corrected chi connectivity index (χ1v) is 10.1. The summed E-state index contributed by atoms with van der Waals surface area (Å²) in [6.45, 7) is 3.12. The molecule has 0 aromatic heterocycles. The molecule has 168 valence electrons. The van der Waals surface area contributed by atoms with E-state index in [1.807, 2.05) is 0 Å². The number of urea groups is 1. The predicted molar refractivity (Wildman–Crippen MR) is 111 cm³/mol. The number of amides is 4. The van der Waals surface area contributed by atoms with Crippen LogP contribution in [0, 0.1) is 11.7 Å². The number of hydrogen-bond acceptors (Lipinski definition) is 5. The monoisotopic (exact) mass is 500 g/mol. The van der Waals surface area contributed by atoms with Gasteiger partial charge in [-0.15, -0.1) is 0 Å². The lowest BCUT2D eigenvalue weighted by atomic mass is 9.80. The van der Waals surface area contributed by atoms with Crippen LogP contribution >= 0.6 is 15.9 Å². The number of carboxylic acids is 1. The standard InChI is InChI=1S/C19H22BrFN4O6/c1-9(2)19(8-13(26)22-6-5-14(27)28)16(29)15(17(30)25-19)24-18(31)23-12-4-3-10(20)7-11(12)21/h3-4,7,9,15H,5-6,8H2,1-2H3,(H,22,26)(H,25,30)(H,27,28)(H2,23,24,31). The first-order chi connectivity index (χ1) is 14.5. The van der Waals surface area contributed by atoms with E-state index in [-0.39, 0.29) is 18.7 Å². The Kier molecular flexibility index (Phi) is 7.71. The van der Waals surface area contributed by atoms with Crippen molar-refractivity contribution < 1.29 is 33.5 Å². The second-order valence-corrected chi connectivity index (χ2v) is 8.22. The molecule has 2 unspecified atom stereocenters. The van der Waals surface area contributed by atoms with Gasteiger partial charge in [0, 0.05) is 11.0 Å². The fourth-order valence-corrected chi connectivity index (χ4v) is 3.46. The van der Waals surface area contributed by atoms with Gasteiger partial charge in [-0.05, 0) is 24.1 Å². The lowest BCUT2D eigenvalue weighted by Gasteiger charge is -2.31. The van der Waals surface area contributed by atoms with E-state index in [0.717, 1.165) is 6.07 Å². The first-order valence-electron chi connectivity index (χ1n) is 9.33. The molecule has 5 N–H and O–H groups in total. The molecule has 1 aromatic rings. The second-order valence-electron chi connectivity index (χ2n) is 7.31. The number of nitrogens with one attached hydrogen (secondary N) is 4. The smallest absolute Gasteiger partial charge is 0.320 e. The van der Waals surface area contributed by atoms with Crippen LogP contribution in [0.1, 0.15) is 26.7 Å². The Morgan fingerprint density at radius 1 is 1.29 bits per heavy atom. The zero-order valence-corrected chi connectivity index (χ0v) is 18.3. The minimum Gasteiger partial charge on any atom is -0.481 e. The van der Waals surface area contributed by atoms with E-state index < -0.39 is 59.3 Å². The number of rotatable bonds is 8. The van der Waals surface area contributed by atoms with E-state index in [1.165, 1.54) is 12.1 Å². The quantitative estimate of drug-likeness (QED) is 0.337. The third-order valence-corrected chi connectivity index (χ3v) is 5.34. The maximum absolute atomic E-state index is 13.9. The lowest BCUT2D eigenvalue weighted by molar-refractivity contribution is -0.137. The number of carbonyl (C=O) groups excluding carboxylic acids is 4. The van der Waals surface area contributed by atoms with Gasteiger partial charge in [-0.1, -0.05) is 29.8 Å². The van der Waals surface area contributed by atoms with Crippen LogP contribution in [0.2, 0.25) is 0 Å². The number of ketones is 1. The average Bonchev–Trinajstić information content (AvgIpc) is 2.89. The zero-order valence-electron chi connectivity index (χ0n) is 16.8. The molecule has 31 heavy (non-hydrogen) atoms. The Hall–Kier alpha value is -3.02. The summed E-state index contributed by atoms with van der Waals surface area (Å²) < 4.78 is 14.4. The van der Waals surface area contributed by atoms with Gasteiger partial charge in [0.15, 0.2) is 11.8 Å². The molecule has 4 amide bonds. The number of Topliss-reactive ketones (excluding diaryl/α,β-unsaturated/α-hetero) is 1. The summed E-state index contributed by atoms with van der Waals surface area (Å²) in [5, 5.41) is 18.0. The normalized spacial score (nSPS) is 20.4. The van der Waals surface area contributed by atoms with Crippen LogP contribution in [0.5, 0.6) is 0 Å². The Morgan fingerprint density at radius 2 is 1.97 bits per heavy atom. The minimum absolute atomic E-state index is 0.132. The topological polar surface area (TPSA) is 154 Å². The molecule has 1 aliphatic heterocycles. The molecule has 0 saturated carbocycles. The van der Waals surface area contributed by atoms with Crippen LogP contribution in [-0.4, -0.2) is 52.8 Å². The molecule has 10 nitrogen and oxygen atoms in total. The largest absolute Gasteiger partial charge is 0.481 e. The van der Waals surface area contributed by atoms with Crippen molar-refractivity contribution in [3.8, 4) is 0 Å². The van der Waals surface area contributed by atoms with Gasteiger partial charge in [0.1, 0.15) is 11.4 Å². The molecule has 0 bridgehead atoms. The van der Waals surface area contributed by atoms with E-state index in [4.69, 9.17) is 5.11 Å². The average molecular weight is 501 g/mol. The van der Waals surface area contributed by atoms with Gasteiger partial charge < -0.3 is 26.4 Å². The molecule has 0 radical (unpaired) electrons. The molecule has 1 fully saturated rings. The van der Waals surface area contributed by atoms with Crippen molar-refractivity contribution in [2.45, 2.75) is 38.3 Å². The van der Waals surface area contributed by atoms with Gasteiger partial charge in [0.05, 0.1) is 18.5 Å². The number of aliphatic carboxylic acids is 1. The molecule has 2 rings (SSSR count). The van der Waals surface area contributed by atoms with Crippen molar-refractivity contribution in [3.05, 3.63) is 28.5 Å². The van der Waals surface area contributed by atoms with E-state index in [0.29, 0.717) is 4.47 Å². The molecule has 2 atom stereocenters. The molecule has 1 aromatic carbocycles. The molecule has 1 saturated heterocycles. The highest BCUT2D eigenvalue weighted by molar-refractivity contribution is 9.10. The number of halogens is 2. The maximum Gasteiger partial charge on any atom is 0.320 e. The van der Waals surface area contributed by atoms with Crippen LogP contribution in [0.3, 0.4) is 0 Å². The number of benzene rings is 1. The van der Waals surface area contributed by atoms with Crippen molar-refractivity contribution in [2.24, 2.45) is 5.92 Å². The Morgan fingerprint density at radius 3 is 2.55 bits per heavy atom. The predicted octanol–water partition coefficient (Wildman–Crippen LogP) is 1.15. The number of carboxylic acid groups (broad SMARTS) is 1. The van der Waals surface area contributed by atoms with E-state index in [1.54, 1.807) is 13.8 Å². The van der Waals surface area contributed by atoms with Crippen molar-refractivity contribution in [3.63, 3.8) is 0 Å². The van der Waals surface area contributed by atoms with Crippen molar-refractivity contribution in [1.82, 2.24) is 16.0 Å². The number of anilines is 1. The summed E-state index contributed by atoms with van der Waals surface area (Å²) >= 11 is 3.09. The number of hydrogen-bond donors (Lipinski definition) is 5. The van der Waals surface area contributed by atoms with E-state index in [9.17, 15) is 28.4 Å². The van der Waals surface area contributed by atoms with Crippen LogP contribution in [0.15, 0.2) is 22.7 Å². The van der Waals surface area contributed by atoms with Gasteiger partial charge in [-0.25, -0.2) is 9.18 Å². The van der Waals surface area contributed by atoms with Crippen LogP contribution in [-0.2, 0) is 19.2 Å². The van der Waals surface area contributed by atoms with Gasteiger partial charge >= 0.3 is 12.0 Å². The molecule has 12 heteroatoms. The molecular formula is C19H22BrFN4O6. The van der Waals surface area contributed by atoms with Gasteiger partial charge in [-0.2, -0.15) is 0 Å². The van der Waals surface area contributed by atoms with Crippen LogP contribution in [0.4, 0.5) is 14.9 Å². The highest BCUT2D eigenvalue weighted by Crippen LogP contribution is 2.29. The van der Waals surface area contributed by atoms with Gasteiger partial charge in [-0.3, -0.25) is 19.2 Å². The molecule has 0 aliphatic carbocycles. The van der Waals surface area contributed by atoms with Gasteiger partial charge in [0.25, 0.3) is 5.91 Å². The SMILES string of the molecule is CC(C)C1(CC(=O)NCCC(=O)O)NC(=O)C(NC(=O)Nc2ccc(Br)cc2F)C1=O. The Labute approximate surface area is 185 Å². The summed E-state index contributed by atoms with van der Waals surface area (Å²) in [6, 6.07) is 1.39. The second kappa shape index (κ2) is 9.86. The van der Waals surface area contributed by atoms with E-state index in [2.05, 4.69) is 37.2 Å². The summed E-state index contributed by atoms with van der Waals surface area (Å²) in [5.41, 5.74) is -1.73. The molecule has 0 spiro atoms. The fourth-order valence-electron chi connectivity index (χ4n) is 3.13. The zero-order chi connectivity index (χ0) is 23.3. The van der Waals surface area contributed by atoms with E-state index >= 15 is 0 Å². The highest BCUT2D eigenvalue weighted by Gasteiger charge is 2.55. The van der Waals surface area contributed by atoms with Crippen molar-refractivity contribution in [2.75, 3.05) is 11.9 Å². The third-order valence-electron chi connectivity index (χ3n) is 4.85. The summed E-state index contributed by atoms with van der Waals surface area (Å²) in [5.74, 6) is -4.46. The number of carbonyl (C=O) groups is 5. The molecule has 1 aliphatic rings. The highest BCUT2D eigenvalue weighted by atomic mass is 79.9. The van der Waals surface area contributed by atoms with Crippen molar-refractivity contribution >= 4 is 51.2 Å². The minimum atomic E-state index is -1.58. The Balaban J connectivity index is 2.09. The van der Waals surface area contributed by atoms with Crippen LogP contribution in [0.25, 0.3) is 0 Å².